The van der Waals surface area contributed by atoms with E-state index in [-0.39, 0.29) is 23.7 Å². The summed E-state index contributed by atoms with van der Waals surface area (Å²) in [6.45, 7) is 6.23. The first kappa shape index (κ1) is 16.4. The van der Waals surface area contributed by atoms with Gasteiger partial charge in [-0.15, -0.1) is 0 Å². The number of amides is 1. The van der Waals surface area contributed by atoms with E-state index in [2.05, 4.69) is 24.1 Å². The molecule has 0 radical (unpaired) electrons. The Morgan fingerprint density at radius 1 is 1.35 bits per heavy atom. The van der Waals surface area contributed by atoms with Crippen LogP contribution in [0.25, 0.3) is 0 Å². The minimum Gasteiger partial charge on any atom is -0.396 e. The van der Waals surface area contributed by atoms with Crippen LogP contribution in [0.1, 0.15) is 60.9 Å². The lowest BCUT2D eigenvalue weighted by Gasteiger charge is -2.31. The van der Waals surface area contributed by atoms with Crippen LogP contribution in [0, 0.1) is 5.41 Å². The molecule has 1 amide bonds. The first-order chi connectivity index (χ1) is 9.48. The second kappa shape index (κ2) is 7.24. The molecular formula is C15H24N2O3. The van der Waals surface area contributed by atoms with Crippen LogP contribution in [0.15, 0.2) is 12.3 Å². The number of H-pyrrole nitrogens is 1. The highest BCUT2D eigenvalue weighted by atomic mass is 16.3. The van der Waals surface area contributed by atoms with E-state index in [1.165, 1.54) is 13.1 Å². The van der Waals surface area contributed by atoms with Crippen molar-refractivity contribution in [1.29, 1.82) is 0 Å². The van der Waals surface area contributed by atoms with Crippen LogP contribution in [0.3, 0.4) is 0 Å². The molecule has 1 heterocycles. The predicted octanol–water partition coefficient (Wildman–Crippen LogP) is 2.14. The smallest absolute Gasteiger partial charge is 0.267 e. The monoisotopic (exact) mass is 280 g/mol. The summed E-state index contributed by atoms with van der Waals surface area (Å²) in [5.41, 5.74) is 0.823. The second-order valence-corrected chi connectivity index (χ2v) is 5.22. The molecule has 0 atom stereocenters. The zero-order valence-corrected chi connectivity index (χ0v) is 12.5. The van der Waals surface area contributed by atoms with E-state index < -0.39 is 0 Å². The number of hydrogen-bond acceptors (Lipinski definition) is 3. The van der Waals surface area contributed by atoms with Gasteiger partial charge in [-0.05, 0) is 37.7 Å². The van der Waals surface area contributed by atoms with Gasteiger partial charge < -0.3 is 15.4 Å². The third kappa shape index (κ3) is 3.93. The Labute approximate surface area is 119 Å². The number of aromatic nitrogens is 1. The Bertz CT molecular complexity index is 461. The van der Waals surface area contributed by atoms with Crippen molar-refractivity contribution in [1.82, 2.24) is 10.3 Å². The van der Waals surface area contributed by atoms with Gasteiger partial charge in [-0.3, -0.25) is 9.59 Å². The molecule has 0 saturated carbocycles. The summed E-state index contributed by atoms with van der Waals surface area (Å²) >= 11 is 0. The van der Waals surface area contributed by atoms with Crippen molar-refractivity contribution in [2.24, 2.45) is 5.41 Å². The van der Waals surface area contributed by atoms with Crippen molar-refractivity contribution in [3.8, 4) is 0 Å². The zero-order valence-electron chi connectivity index (χ0n) is 12.5. The van der Waals surface area contributed by atoms with Crippen LogP contribution in [-0.4, -0.2) is 34.9 Å². The lowest BCUT2D eigenvalue weighted by Crippen LogP contribution is -2.37. The van der Waals surface area contributed by atoms with Gasteiger partial charge in [-0.2, -0.15) is 0 Å². The van der Waals surface area contributed by atoms with E-state index in [4.69, 9.17) is 5.11 Å². The Morgan fingerprint density at radius 2 is 2.00 bits per heavy atom. The highest BCUT2D eigenvalue weighted by Gasteiger charge is 2.26. The van der Waals surface area contributed by atoms with Gasteiger partial charge in [0.2, 0.25) is 0 Å². The fraction of sp³-hybridized carbons (Fsp3) is 0.600. The average Bonchev–Trinajstić information content (AvgIpc) is 2.93. The molecule has 1 aromatic rings. The normalized spacial score (nSPS) is 11.4. The summed E-state index contributed by atoms with van der Waals surface area (Å²) in [7, 11) is 0. The number of aliphatic hydroxyl groups is 1. The molecule has 1 rings (SSSR count). The molecule has 3 N–H and O–H groups in total. The molecule has 112 valence electrons. The molecule has 0 unspecified atom stereocenters. The Hall–Kier alpha value is -1.62. The number of Topliss-reactive ketones (excluding diaryl/α,β-unsaturated/α-hetero) is 1. The van der Waals surface area contributed by atoms with Gasteiger partial charge in [0, 0.05) is 24.9 Å². The van der Waals surface area contributed by atoms with Crippen LogP contribution in [-0.2, 0) is 0 Å². The molecule has 0 fully saturated rings. The third-order valence-corrected chi connectivity index (χ3v) is 4.10. The summed E-state index contributed by atoms with van der Waals surface area (Å²) in [5.74, 6) is -0.293. The van der Waals surface area contributed by atoms with E-state index in [1.54, 1.807) is 6.07 Å². The molecule has 1 aromatic heterocycles. The number of ketones is 1. The van der Waals surface area contributed by atoms with E-state index in [9.17, 15) is 9.59 Å². The van der Waals surface area contributed by atoms with Crippen molar-refractivity contribution in [3.05, 3.63) is 23.5 Å². The van der Waals surface area contributed by atoms with Gasteiger partial charge in [0.1, 0.15) is 5.69 Å². The minimum atomic E-state index is -0.221. The number of hydrogen-bond donors (Lipinski definition) is 3. The van der Waals surface area contributed by atoms with Gasteiger partial charge in [-0.1, -0.05) is 13.8 Å². The molecule has 0 aliphatic heterocycles. The maximum atomic E-state index is 12.0. The molecule has 5 nitrogen and oxygen atoms in total. The van der Waals surface area contributed by atoms with Crippen molar-refractivity contribution in [2.45, 2.75) is 40.0 Å². The first-order valence-corrected chi connectivity index (χ1v) is 7.06. The maximum absolute atomic E-state index is 12.0. The molecule has 0 aliphatic carbocycles. The Kier molecular flexibility index (Phi) is 5.95. The summed E-state index contributed by atoms with van der Waals surface area (Å²) in [6.07, 6.45) is 4.00. The predicted molar refractivity (Wildman–Crippen MR) is 77.8 cm³/mol. The van der Waals surface area contributed by atoms with E-state index in [0.717, 1.165) is 12.8 Å². The Morgan fingerprint density at radius 3 is 2.45 bits per heavy atom. The summed E-state index contributed by atoms with van der Waals surface area (Å²) < 4.78 is 0. The summed E-state index contributed by atoms with van der Waals surface area (Å²) in [4.78, 5) is 26.1. The summed E-state index contributed by atoms with van der Waals surface area (Å²) in [6, 6.07) is 1.56. The lowest BCUT2D eigenvalue weighted by molar-refractivity contribution is 0.0903. The van der Waals surface area contributed by atoms with Crippen molar-refractivity contribution < 1.29 is 14.7 Å². The molecule has 0 aliphatic rings. The number of aromatic amines is 1. The fourth-order valence-corrected chi connectivity index (χ4v) is 2.27. The lowest BCUT2D eigenvalue weighted by atomic mass is 9.79. The summed E-state index contributed by atoms with van der Waals surface area (Å²) in [5, 5.41) is 12.0. The molecular weight excluding hydrogens is 256 g/mol. The van der Waals surface area contributed by atoms with Gasteiger partial charge in [0.15, 0.2) is 5.78 Å². The van der Waals surface area contributed by atoms with Crippen LogP contribution in [0.4, 0.5) is 0 Å². The van der Waals surface area contributed by atoms with Gasteiger partial charge in [-0.25, -0.2) is 0 Å². The first-order valence-electron chi connectivity index (χ1n) is 7.06. The molecule has 0 spiro atoms. The highest BCUT2D eigenvalue weighted by molar-refractivity contribution is 5.99. The molecule has 0 bridgehead atoms. The number of nitrogens with one attached hydrogen (secondary N) is 2. The Balaban J connectivity index is 2.67. The van der Waals surface area contributed by atoms with Crippen LogP contribution in [0.5, 0.6) is 0 Å². The van der Waals surface area contributed by atoms with Crippen molar-refractivity contribution >= 4 is 11.7 Å². The zero-order chi connectivity index (χ0) is 15.2. The molecule has 5 heteroatoms. The van der Waals surface area contributed by atoms with Crippen molar-refractivity contribution in [2.75, 3.05) is 13.2 Å². The maximum Gasteiger partial charge on any atom is 0.267 e. The highest BCUT2D eigenvalue weighted by Crippen LogP contribution is 2.29. The van der Waals surface area contributed by atoms with Gasteiger partial charge >= 0.3 is 0 Å². The van der Waals surface area contributed by atoms with Crippen LogP contribution >= 0.6 is 0 Å². The number of carbonyl (C=O) groups is 2. The fourth-order valence-electron chi connectivity index (χ4n) is 2.27. The van der Waals surface area contributed by atoms with E-state index in [0.29, 0.717) is 24.2 Å². The van der Waals surface area contributed by atoms with Gasteiger partial charge in [0.25, 0.3) is 5.91 Å². The van der Waals surface area contributed by atoms with E-state index >= 15 is 0 Å². The topological polar surface area (TPSA) is 82.2 Å². The van der Waals surface area contributed by atoms with Crippen LogP contribution < -0.4 is 5.32 Å². The number of rotatable bonds is 8. The largest absolute Gasteiger partial charge is 0.396 e. The van der Waals surface area contributed by atoms with Crippen LogP contribution in [0.2, 0.25) is 0 Å². The molecule has 0 saturated heterocycles. The standard InChI is InChI=1S/C15H24N2O3/c1-4-15(5-2,6-7-18)10-17-14(20)13-8-12(9-16-13)11(3)19/h8-9,16,18H,4-7,10H2,1-3H3,(H,17,20). The number of aliphatic hydroxyl groups excluding tert-OH is 1. The average molecular weight is 280 g/mol. The third-order valence-electron chi connectivity index (χ3n) is 4.10. The van der Waals surface area contributed by atoms with E-state index in [1.807, 2.05) is 0 Å². The quantitative estimate of drug-likeness (QED) is 0.638. The molecule has 0 aromatic carbocycles. The number of carbonyl (C=O) groups excluding carboxylic acids is 2. The second-order valence-electron chi connectivity index (χ2n) is 5.22. The van der Waals surface area contributed by atoms with Crippen molar-refractivity contribution in [3.63, 3.8) is 0 Å². The van der Waals surface area contributed by atoms with Gasteiger partial charge in [0.05, 0.1) is 0 Å². The molecule has 20 heavy (non-hydrogen) atoms. The minimum absolute atomic E-state index is 0.0690. The SMILES string of the molecule is CCC(CC)(CCO)CNC(=O)c1cc(C(C)=O)c[nH]1.